The van der Waals surface area contributed by atoms with Crippen LogP contribution in [0.25, 0.3) is 17.1 Å². The van der Waals surface area contributed by atoms with Gasteiger partial charge in [-0.1, -0.05) is 11.6 Å². The number of nitrogens with zero attached hydrogens (tertiary/aromatic N) is 3. The smallest absolute Gasteiger partial charge is 0.224 e. The topological polar surface area (TPSA) is 64.8 Å². The summed E-state index contributed by atoms with van der Waals surface area (Å²) < 4.78 is 63.3. The predicted octanol–water partition coefficient (Wildman–Crippen LogP) is 4.01. The number of hydrogen-bond donors (Lipinski definition) is 0. The van der Waals surface area contributed by atoms with E-state index in [1.165, 1.54) is 48.5 Å². The van der Waals surface area contributed by atoms with Gasteiger partial charge in [-0.25, -0.2) is 18.1 Å². The molecule has 26 heavy (non-hydrogen) atoms. The van der Waals surface area contributed by atoms with Crippen molar-refractivity contribution in [2.45, 2.75) is 11.1 Å². The zero-order valence-electron chi connectivity index (χ0n) is 13.2. The van der Waals surface area contributed by atoms with Gasteiger partial charge in [0.05, 0.1) is 10.6 Å². The predicted molar refractivity (Wildman–Crippen MR) is 89.9 cm³/mol. The Morgan fingerprint density at radius 1 is 1.00 bits per heavy atom. The summed E-state index contributed by atoms with van der Waals surface area (Å²) in [5.41, 5.74) is 0.620. The highest BCUT2D eigenvalue weighted by atomic mass is 35.5. The molecule has 0 N–H and O–H groups in total. The standard InChI is InChI=1S/C16H11ClF3N3O2S/c1-26(24,25)13-8-6-12(7-9-13)23-14(10-2-4-11(17)5-3-10)21-15(22-23)16(18,19)20/h2-9H,1H3. The summed E-state index contributed by atoms with van der Waals surface area (Å²) in [6.07, 6.45) is -3.68. The maximum Gasteiger partial charge on any atom is 0.453 e. The van der Waals surface area contributed by atoms with E-state index in [1.807, 2.05) is 0 Å². The number of sulfone groups is 1. The van der Waals surface area contributed by atoms with E-state index in [-0.39, 0.29) is 16.4 Å². The normalized spacial score (nSPS) is 12.3. The van der Waals surface area contributed by atoms with E-state index in [4.69, 9.17) is 11.6 Å². The zero-order chi connectivity index (χ0) is 19.1. The highest BCUT2D eigenvalue weighted by Gasteiger charge is 2.37. The van der Waals surface area contributed by atoms with Crippen LogP contribution in [-0.2, 0) is 16.0 Å². The average Bonchev–Trinajstić information content (AvgIpc) is 3.00. The molecule has 0 aliphatic rings. The maximum atomic E-state index is 13.1. The fraction of sp³-hybridized carbons (Fsp3) is 0.125. The van der Waals surface area contributed by atoms with Gasteiger partial charge in [0, 0.05) is 16.8 Å². The summed E-state index contributed by atoms with van der Waals surface area (Å²) >= 11 is 5.81. The minimum absolute atomic E-state index is 0.0407. The van der Waals surface area contributed by atoms with Crippen LogP contribution in [0.2, 0.25) is 5.02 Å². The Labute approximate surface area is 152 Å². The van der Waals surface area contributed by atoms with Crippen LogP contribution in [0.5, 0.6) is 0 Å². The van der Waals surface area contributed by atoms with Crippen LogP contribution in [-0.4, -0.2) is 29.4 Å². The molecule has 0 spiro atoms. The van der Waals surface area contributed by atoms with Gasteiger partial charge < -0.3 is 0 Å². The summed E-state index contributed by atoms with van der Waals surface area (Å²) in [5, 5.41) is 3.96. The van der Waals surface area contributed by atoms with Crippen molar-refractivity contribution in [2.75, 3.05) is 6.26 Å². The zero-order valence-corrected chi connectivity index (χ0v) is 14.8. The second-order valence-corrected chi connectivity index (χ2v) is 7.89. The quantitative estimate of drug-likeness (QED) is 0.665. The number of hydrogen-bond acceptors (Lipinski definition) is 4. The second-order valence-electron chi connectivity index (χ2n) is 5.44. The molecule has 0 radical (unpaired) electrons. The van der Waals surface area contributed by atoms with Crippen LogP contribution in [0.4, 0.5) is 13.2 Å². The average molecular weight is 402 g/mol. The summed E-state index contributed by atoms with van der Waals surface area (Å²) in [6, 6.07) is 11.4. The number of aromatic nitrogens is 3. The van der Waals surface area contributed by atoms with Crippen molar-refractivity contribution in [3.05, 3.63) is 59.4 Å². The molecule has 0 aliphatic heterocycles. The van der Waals surface area contributed by atoms with E-state index in [2.05, 4.69) is 10.1 Å². The summed E-state index contributed by atoms with van der Waals surface area (Å²) in [4.78, 5) is 3.64. The summed E-state index contributed by atoms with van der Waals surface area (Å²) in [6.45, 7) is 0. The fourth-order valence-electron chi connectivity index (χ4n) is 2.23. The molecule has 0 amide bonds. The van der Waals surface area contributed by atoms with Crippen molar-refractivity contribution >= 4 is 21.4 Å². The molecule has 0 saturated heterocycles. The summed E-state index contributed by atoms with van der Waals surface area (Å²) in [5.74, 6) is -1.34. The van der Waals surface area contributed by atoms with Crippen LogP contribution in [0, 0.1) is 0 Å². The molecule has 10 heteroatoms. The van der Waals surface area contributed by atoms with Gasteiger partial charge in [0.15, 0.2) is 15.7 Å². The van der Waals surface area contributed by atoms with Crippen LogP contribution < -0.4 is 0 Å². The molecule has 0 atom stereocenters. The SMILES string of the molecule is CS(=O)(=O)c1ccc(-n2nc(C(F)(F)F)nc2-c2ccc(Cl)cc2)cc1. The van der Waals surface area contributed by atoms with E-state index >= 15 is 0 Å². The van der Waals surface area contributed by atoms with Gasteiger partial charge in [-0.3, -0.25) is 0 Å². The van der Waals surface area contributed by atoms with Crippen LogP contribution in [0.1, 0.15) is 5.82 Å². The van der Waals surface area contributed by atoms with E-state index in [0.29, 0.717) is 10.6 Å². The lowest BCUT2D eigenvalue weighted by molar-refractivity contribution is -0.144. The van der Waals surface area contributed by atoms with Crippen LogP contribution in [0.15, 0.2) is 53.4 Å². The number of benzene rings is 2. The van der Waals surface area contributed by atoms with Crippen molar-refractivity contribution in [1.29, 1.82) is 0 Å². The minimum Gasteiger partial charge on any atom is -0.224 e. The van der Waals surface area contributed by atoms with E-state index < -0.39 is 21.8 Å². The van der Waals surface area contributed by atoms with Gasteiger partial charge in [0.2, 0.25) is 0 Å². The van der Waals surface area contributed by atoms with Gasteiger partial charge >= 0.3 is 6.18 Å². The highest BCUT2D eigenvalue weighted by Crippen LogP contribution is 2.31. The van der Waals surface area contributed by atoms with Crippen molar-refractivity contribution in [2.24, 2.45) is 0 Å². The molecule has 0 saturated carbocycles. The molecular formula is C16H11ClF3N3O2S. The number of halogens is 4. The minimum atomic E-state index is -4.72. The summed E-state index contributed by atoms with van der Waals surface area (Å²) in [7, 11) is -3.43. The Kier molecular flexibility index (Phi) is 4.53. The first kappa shape index (κ1) is 18.4. The maximum absolute atomic E-state index is 13.1. The van der Waals surface area contributed by atoms with Crippen molar-refractivity contribution < 1.29 is 21.6 Å². The molecular weight excluding hydrogens is 391 g/mol. The molecule has 5 nitrogen and oxygen atoms in total. The lowest BCUT2D eigenvalue weighted by Gasteiger charge is -2.07. The monoisotopic (exact) mass is 401 g/mol. The second kappa shape index (κ2) is 6.40. The number of rotatable bonds is 3. The molecule has 2 aromatic carbocycles. The Balaban J connectivity index is 2.16. The van der Waals surface area contributed by atoms with Gasteiger partial charge in [0.1, 0.15) is 0 Å². The van der Waals surface area contributed by atoms with Crippen LogP contribution >= 0.6 is 11.6 Å². The number of alkyl halides is 3. The Bertz CT molecular complexity index is 1040. The Morgan fingerprint density at radius 2 is 1.58 bits per heavy atom. The van der Waals surface area contributed by atoms with Gasteiger partial charge in [-0.2, -0.15) is 13.2 Å². The van der Waals surface area contributed by atoms with Crippen molar-refractivity contribution in [3.8, 4) is 17.1 Å². The molecule has 1 aromatic heterocycles. The Morgan fingerprint density at radius 3 is 2.08 bits per heavy atom. The van der Waals surface area contributed by atoms with E-state index in [1.54, 1.807) is 0 Å². The van der Waals surface area contributed by atoms with Gasteiger partial charge in [0.25, 0.3) is 5.82 Å². The first-order chi connectivity index (χ1) is 12.1. The molecule has 1 heterocycles. The molecule has 3 rings (SSSR count). The highest BCUT2D eigenvalue weighted by molar-refractivity contribution is 7.90. The van der Waals surface area contributed by atoms with Gasteiger partial charge in [-0.15, -0.1) is 5.10 Å². The fourth-order valence-corrected chi connectivity index (χ4v) is 2.99. The molecule has 0 fully saturated rings. The third kappa shape index (κ3) is 3.73. The lowest BCUT2D eigenvalue weighted by Crippen LogP contribution is -2.08. The third-order valence-corrected chi connectivity index (χ3v) is 4.85. The van der Waals surface area contributed by atoms with Crippen LogP contribution in [0.3, 0.4) is 0 Å². The van der Waals surface area contributed by atoms with Crippen molar-refractivity contribution in [3.63, 3.8) is 0 Å². The molecule has 0 aliphatic carbocycles. The molecule has 0 bridgehead atoms. The van der Waals surface area contributed by atoms with Crippen molar-refractivity contribution in [1.82, 2.24) is 14.8 Å². The first-order valence-electron chi connectivity index (χ1n) is 7.16. The molecule has 0 unspecified atom stereocenters. The Hall–Kier alpha value is -2.39. The lowest BCUT2D eigenvalue weighted by atomic mass is 10.2. The first-order valence-corrected chi connectivity index (χ1v) is 9.43. The molecule has 136 valence electrons. The van der Waals surface area contributed by atoms with E-state index in [9.17, 15) is 21.6 Å². The molecule has 3 aromatic rings. The third-order valence-electron chi connectivity index (χ3n) is 3.47. The van der Waals surface area contributed by atoms with Gasteiger partial charge in [-0.05, 0) is 48.5 Å². The largest absolute Gasteiger partial charge is 0.453 e. The van der Waals surface area contributed by atoms with E-state index in [0.717, 1.165) is 10.9 Å².